The topological polar surface area (TPSA) is 85.6 Å². The highest BCUT2D eigenvalue weighted by atomic mass is 16.5. The second-order valence-electron chi connectivity index (χ2n) is 6.86. The molecule has 1 amide bonds. The first-order valence-corrected chi connectivity index (χ1v) is 9.12. The summed E-state index contributed by atoms with van der Waals surface area (Å²) in [5.74, 6) is 0.827. The van der Waals surface area contributed by atoms with Crippen LogP contribution in [-0.2, 0) is 9.53 Å². The smallest absolute Gasteiger partial charge is 0.239 e. The summed E-state index contributed by atoms with van der Waals surface area (Å²) in [4.78, 5) is 18.9. The van der Waals surface area contributed by atoms with Crippen LogP contribution in [0.2, 0.25) is 0 Å². The quantitative estimate of drug-likeness (QED) is 0.770. The number of nitrogens with zero attached hydrogens (tertiary/aromatic N) is 6. The predicted octanol–water partition coefficient (Wildman–Crippen LogP) is 0.334. The molecule has 1 unspecified atom stereocenters. The van der Waals surface area contributed by atoms with Crippen molar-refractivity contribution in [2.24, 2.45) is 0 Å². The van der Waals surface area contributed by atoms with Gasteiger partial charge in [-0.2, -0.15) is 10.4 Å². The number of hydrogen-bond acceptors (Lipinski definition) is 7. The molecule has 0 N–H and O–H groups in total. The van der Waals surface area contributed by atoms with Crippen LogP contribution in [0.1, 0.15) is 23.7 Å². The van der Waals surface area contributed by atoms with E-state index >= 15 is 0 Å². The van der Waals surface area contributed by atoms with Crippen molar-refractivity contribution >= 4 is 11.7 Å². The Morgan fingerprint density at radius 3 is 2.38 bits per heavy atom. The van der Waals surface area contributed by atoms with Crippen LogP contribution in [0.4, 0.5) is 5.82 Å². The number of ether oxygens (including phenoxy) is 1. The van der Waals surface area contributed by atoms with Gasteiger partial charge in [-0.1, -0.05) is 0 Å². The molecule has 0 radical (unpaired) electrons. The second-order valence-corrected chi connectivity index (χ2v) is 6.86. The number of rotatable bonds is 3. The number of morpholine rings is 1. The Hall–Kier alpha value is -2.24. The van der Waals surface area contributed by atoms with Gasteiger partial charge in [-0.25, -0.2) is 0 Å². The molecule has 0 aromatic carbocycles. The minimum atomic E-state index is -0.142. The van der Waals surface area contributed by atoms with E-state index in [4.69, 9.17) is 4.74 Å². The van der Waals surface area contributed by atoms with Crippen molar-refractivity contribution in [3.63, 3.8) is 0 Å². The summed E-state index contributed by atoms with van der Waals surface area (Å²) in [7, 11) is 0. The van der Waals surface area contributed by atoms with Crippen LogP contribution in [-0.4, -0.2) is 84.4 Å². The van der Waals surface area contributed by atoms with Crippen LogP contribution in [0.3, 0.4) is 0 Å². The van der Waals surface area contributed by atoms with Crippen LogP contribution in [0.25, 0.3) is 0 Å². The minimum Gasteiger partial charge on any atom is -0.378 e. The predicted molar refractivity (Wildman–Crippen MR) is 96.9 cm³/mol. The fourth-order valence-corrected chi connectivity index (χ4v) is 3.48. The molecule has 8 heteroatoms. The molecule has 2 aliphatic heterocycles. The molecule has 3 rings (SSSR count). The van der Waals surface area contributed by atoms with Gasteiger partial charge in [0, 0.05) is 39.3 Å². The lowest BCUT2D eigenvalue weighted by atomic mass is 10.1. The van der Waals surface area contributed by atoms with Crippen molar-refractivity contribution < 1.29 is 9.53 Å². The lowest BCUT2D eigenvalue weighted by Crippen LogP contribution is -2.56. The Morgan fingerprint density at radius 2 is 1.77 bits per heavy atom. The number of anilines is 1. The summed E-state index contributed by atoms with van der Waals surface area (Å²) in [6.45, 7) is 11.3. The van der Waals surface area contributed by atoms with Crippen LogP contribution in [0, 0.1) is 25.2 Å². The third-order valence-corrected chi connectivity index (χ3v) is 5.39. The maximum atomic E-state index is 12.7. The van der Waals surface area contributed by atoms with Crippen LogP contribution >= 0.6 is 0 Å². The van der Waals surface area contributed by atoms with Crippen molar-refractivity contribution in [3.05, 3.63) is 16.8 Å². The van der Waals surface area contributed by atoms with Gasteiger partial charge in [0.25, 0.3) is 0 Å². The van der Waals surface area contributed by atoms with Gasteiger partial charge < -0.3 is 14.5 Å². The van der Waals surface area contributed by atoms with E-state index in [0.717, 1.165) is 37.4 Å². The zero-order chi connectivity index (χ0) is 18.7. The normalized spacial score (nSPS) is 19.9. The van der Waals surface area contributed by atoms with Crippen LogP contribution in [0.5, 0.6) is 0 Å². The largest absolute Gasteiger partial charge is 0.378 e. The molecule has 2 saturated heterocycles. The number of piperazine rings is 1. The van der Waals surface area contributed by atoms with E-state index < -0.39 is 0 Å². The van der Waals surface area contributed by atoms with Gasteiger partial charge in [0.2, 0.25) is 5.91 Å². The number of aryl methyl sites for hydroxylation is 1. The average Bonchev–Trinajstić information content (AvgIpc) is 2.69. The summed E-state index contributed by atoms with van der Waals surface area (Å²) >= 11 is 0. The third kappa shape index (κ3) is 3.64. The van der Waals surface area contributed by atoms with Gasteiger partial charge in [0.1, 0.15) is 11.6 Å². The molecule has 2 aliphatic rings. The van der Waals surface area contributed by atoms with Gasteiger partial charge >= 0.3 is 0 Å². The first kappa shape index (κ1) is 18.5. The molecule has 3 heterocycles. The molecule has 0 bridgehead atoms. The van der Waals surface area contributed by atoms with E-state index in [1.165, 1.54) is 0 Å². The minimum absolute atomic E-state index is 0.142. The van der Waals surface area contributed by atoms with E-state index in [1.807, 2.05) is 25.7 Å². The molecule has 1 atom stereocenters. The van der Waals surface area contributed by atoms with E-state index in [0.29, 0.717) is 37.7 Å². The molecular weight excluding hydrogens is 332 g/mol. The first-order valence-electron chi connectivity index (χ1n) is 9.12. The van der Waals surface area contributed by atoms with Gasteiger partial charge in [-0.05, 0) is 26.3 Å². The summed E-state index contributed by atoms with van der Waals surface area (Å²) in [6, 6.07) is 2.12. The lowest BCUT2D eigenvalue weighted by Gasteiger charge is -2.40. The van der Waals surface area contributed by atoms with Gasteiger partial charge in [-0.3, -0.25) is 9.69 Å². The monoisotopic (exact) mass is 358 g/mol. The highest BCUT2D eigenvalue weighted by Gasteiger charge is 2.30. The maximum Gasteiger partial charge on any atom is 0.239 e. The molecule has 0 aliphatic carbocycles. The Bertz CT molecular complexity index is 702. The van der Waals surface area contributed by atoms with Crippen molar-refractivity contribution in [2.45, 2.75) is 26.8 Å². The number of carbonyl (C=O) groups excluding carboxylic acids is 1. The summed E-state index contributed by atoms with van der Waals surface area (Å²) in [5, 5.41) is 17.9. The van der Waals surface area contributed by atoms with Crippen molar-refractivity contribution in [1.82, 2.24) is 20.0 Å². The molecule has 140 valence electrons. The number of carbonyl (C=O) groups is 1. The highest BCUT2D eigenvalue weighted by Crippen LogP contribution is 2.23. The molecule has 0 spiro atoms. The zero-order valence-electron chi connectivity index (χ0n) is 15.7. The Kier molecular flexibility index (Phi) is 5.69. The summed E-state index contributed by atoms with van der Waals surface area (Å²) < 4.78 is 5.32. The SMILES string of the molecule is Cc1nnc(N2CCN(C(C)C(=O)N3CCOCC3)CC2)c(C#N)c1C. The Labute approximate surface area is 154 Å². The third-order valence-electron chi connectivity index (χ3n) is 5.39. The van der Waals surface area contributed by atoms with E-state index in [9.17, 15) is 10.1 Å². The van der Waals surface area contributed by atoms with Gasteiger partial charge in [-0.15, -0.1) is 5.10 Å². The summed E-state index contributed by atoms with van der Waals surface area (Å²) in [6.07, 6.45) is 0. The summed E-state index contributed by atoms with van der Waals surface area (Å²) in [5.41, 5.74) is 2.27. The Balaban J connectivity index is 1.63. The highest BCUT2D eigenvalue weighted by molar-refractivity contribution is 5.81. The van der Waals surface area contributed by atoms with E-state index in [1.54, 1.807) is 0 Å². The van der Waals surface area contributed by atoms with Gasteiger partial charge in [0.15, 0.2) is 5.82 Å². The van der Waals surface area contributed by atoms with E-state index in [2.05, 4.69) is 26.1 Å². The number of nitriles is 1. The molecule has 8 nitrogen and oxygen atoms in total. The average molecular weight is 358 g/mol. The molecule has 0 saturated carbocycles. The van der Waals surface area contributed by atoms with Crippen molar-refractivity contribution in [2.75, 3.05) is 57.4 Å². The molecule has 2 fully saturated rings. The maximum absolute atomic E-state index is 12.7. The van der Waals surface area contributed by atoms with E-state index in [-0.39, 0.29) is 11.9 Å². The standard InChI is InChI=1S/C18H26N6O2/c1-13-14(2)20-21-17(16(13)12-19)23-6-4-22(5-7-23)15(3)18(25)24-8-10-26-11-9-24/h15H,4-11H2,1-3H3. The number of aromatic nitrogens is 2. The van der Waals surface area contributed by atoms with Crippen molar-refractivity contribution in [3.8, 4) is 6.07 Å². The van der Waals surface area contributed by atoms with Gasteiger partial charge in [0.05, 0.1) is 24.9 Å². The molecular formula is C18H26N6O2. The van der Waals surface area contributed by atoms with Crippen LogP contribution < -0.4 is 4.90 Å². The van der Waals surface area contributed by atoms with Crippen molar-refractivity contribution in [1.29, 1.82) is 5.26 Å². The number of amides is 1. The fraction of sp³-hybridized carbons (Fsp3) is 0.667. The fourth-order valence-electron chi connectivity index (χ4n) is 3.48. The first-order chi connectivity index (χ1) is 12.5. The Morgan fingerprint density at radius 1 is 1.12 bits per heavy atom. The zero-order valence-corrected chi connectivity index (χ0v) is 15.7. The molecule has 1 aromatic heterocycles. The second kappa shape index (κ2) is 7.98. The lowest BCUT2D eigenvalue weighted by molar-refractivity contribution is -0.140. The number of hydrogen-bond donors (Lipinski definition) is 0. The molecule has 1 aromatic rings. The van der Waals surface area contributed by atoms with Crippen LogP contribution in [0.15, 0.2) is 0 Å². The molecule has 26 heavy (non-hydrogen) atoms.